The summed E-state index contributed by atoms with van der Waals surface area (Å²) in [7, 11) is 0. The average Bonchev–Trinajstić information content (AvgIpc) is 2.84. The molecule has 2 aromatic rings. The van der Waals surface area contributed by atoms with Gasteiger partial charge in [0.25, 0.3) is 6.01 Å². The van der Waals surface area contributed by atoms with Gasteiger partial charge in [0.1, 0.15) is 6.26 Å². The number of carbonyl (C=O) groups is 2. The second kappa shape index (κ2) is 5.87. The van der Waals surface area contributed by atoms with E-state index < -0.39 is 11.9 Å². The van der Waals surface area contributed by atoms with Gasteiger partial charge in [-0.1, -0.05) is 6.07 Å². The number of carboxylic acid groups (broad SMARTS) is 2. The number of hydrogen-bond acceptors (Lipinski definition) is 5. The van der Waals surface area contributed by atoms with Crippen molar-refractivity contribution in [2.75, 3.05) is 5.32 Å². The lowest BCUT2D eigenvalue weighted by atomic mass is 10.2. The number of aromatic nitrogens is 1. The van der Waals surface area contributed by atoms with Gasteiger partial charge in [0.15, 0.2) is 0 Å². The molecule has 0 radical (unpaired) electrons. The van der Waals surface area contributed by atoms with E-state index in [0.29, 0.717) is 11.4 Å². The van der Waals surface area contributed by atoms with Crippen molar-refractivity contribution >= 4 is 23.6 Å². The molecule has 0 aliphatic rings. The SMILES string of the molecule is O=C(O)CCc1coc(Nc2cccc(C(=O)O)c2)n1. The first-order valence-electron chi connectivity index (χ1n) is 5.81. The van der Waals surface area contributed by atoms with Gasteiger partial charge in [0.05, 0.1) is 17.7 Å². The Morgan fingerprint density at radius 2 is 2.10 bits per heavy atom. The van der Waals surface area contributed by atoms with E-state index >= 15 is 0 Å². The fraction of sp³-hybridized carbons (Fsp3) is 0.154. The van der Waals surface area contributed by atoms with Crippen LogP contribution in [0, 0.1) is 0 Å². The molecule has 7 nitrogen and oxygen atoms in total. The van der Waals surface area contributed by atoms with Crippen LogP contribution in [0.3, 0.4) is 0 Å². The number of carboxylic acids is 2. The molecule has 0 atom stereocenters. The van der Waals surface area contributed by atoms with Gasteiger partial charge in [-0.3, -0.25) is 4.79 Å². The third kappa shape index (κ3) is 3.58. The van der Waals surface area contributed by atoms with E-state index in [9.17, 15) is 9.59 Å². The summed E-state index contributed by atoms with van der Waals surface area (Å²) in [4.78, 5) is 25.3. The molecule has 0 unspecified atom stereocenters. The third-order valence-electron chi connectivity index (χ3n) is 2.51. The number of oxazole rings is 1. The van der Waals surface area contributed by atoms with E-state index in [1.165, 1.54) is 18.4 Å². The number of anilines is 2. The largest absolute Gasteiger partial charge is 0.481 e. The average molecular weight is 276 g/mol. The number of nitrogens with one attached hydrogen (secondary N) is 1. The Morgan fingerprint density at radius 1 is 1.30 bits per heavy atom. The van der Waals surface area contributed by atoms with E-state index in [1.54, 1.807) is 12.1 Å². The van der Waals surface area contributed by atoms with Gasteiger partial charge >= 0.3 is 11.9 Å². The Kier molecular flexibility index (Phi) is 3.99. The Bertz CT molecular complexity index is 635. The van der Waals surface area contributed by atoms with Gasteiger partial charge < -0.3 is 19.9 Å². The Morgan fingerprint density at radius 3 is 2.80 bits per heavy atom. The van der Waals surface area contributed by atoms with Crippen molar-refractivity contribution in [2.24, 2.45) is 0 Å². The number of aromatic carboxylic acids is 1. The molecule has 104 valence electrons. The summed E-state index contributed by atoms with van der Waals surface area (Å²) >= 11 is 0. The van der Waals surface area contributed by atoms with Crippen LogP contribution in [-0.2, 0) is 11.2 Å². The van der Waals surface area contributed by atoms with Gasteiger partial charge in [-0.25, -0.2) is 4.79 Å². The third-order valence-corrected chi connectivity index (χ3v) is 2.51. The van der Waals surface area contributed by atoms with Crippen molar-refractivity contribution in [3.05, 3.63) is 41.8 Å². The molecule has 0 spiro atoms. The van der Waals surface area contributed by atoms with Crippen LogP contribution < -0.4 is 5.32 Å². The molecular weight excluding hydrogens is 264 g/mol. The van der Waals surface area contributed by atoms with Crippen LogP contribution in [0.2, 0.25) is 0 Å². The molecule has 20 heavy (non-hydrogen) atoms. The van der Waals surface area contributed by atoms with E-state index in [-0.39, 0.29) is 24.4 Å². The Hall–Kier alpha value is -2.83. The molecule has 0 aliphatic carbocycles. The Labute approximate surface area is 113 Å². The maximum absolute atomic E-state index is 10.8. The summed E-state index contributed by atoms with van der Waals surface area (Å²) in [6.45, 7) is 0. The Balaban J connectivity index is 2.04. The highest BCUT2D eigenvalue weighted by molar-refractivity contribution is 5.88. The standard InChI is InChI=1S/C13H12N2O5/c16-11(17)5-4-10-7-20-13(15-10)14-9-3-1-2-8(6-9)12(18)19/h1-3,6-7H,4-5H2,(H,14,15)(H,16,17)(H,18,19). The highest BCUT2D eigenvalue weighted by Crippen LogP contribution is 2.18. The fourth-order valence-corrected chi connectivity index (χ4v) is 1.57. The van der Waals surface area contributed by atoms with E-state index in [1.807, 2.05) is 0 Å². The fourth-order valence-electron chi connectivity index (χ4n) is 1.57. The van der Waals surface area contributed by atoms with E-state index in [2.05, 4.69) is 10.3 Å². The van der Waals surface area contributed by atoms with Crippen LogP contribution >= 0.6 is 0 Å². The predicted molar refractivity (Wildman–Crippen MR) is 69.1 cm³/mol. The first-order chi connectivity index (χ1) is 9.54. The van der Waals surface area contributed by atoms with Crippen LogP contribution in [-0.4, -0.2) is 27.1 Å². The van der Waals surface area contributed by atoms with Crippen molar-refractivity contribution < 1.29 is 24.2 Å². The molecule has 0 bridgehead atoms. The van der Waals surface area contributed by atoms with Crippen molar-refractivity contribution in [1.82, 2.24) is 4.98 Å². The number of nitrogens with zero attached hydrogens (tertiary/aromatic N) is 1. The number of aliphatic carboxylic acids is 1. The minimum atomic E-state index is -1.02. The van der Waals surface area contributed by atoms with Crippen LogP contribution in [0.5, 0.6) is 0 Å². The summed E-state index contributed by atoms with van der Waals surface area (Å²) < 4.78 is 5.14. The monoisotopic (exact) mass is 276 g/mol. The molecule has 0 fully saturated rings. The van der Waals surface area contributed by atoms with Crippen molar-refractivity contribution in [2.45, 2.75) is 12.8 Å². The second-order valence-corrected chi connectivity index (χ2v) is 4.05. The zero-order valence-electron chi connectivity index (χ0n) is 10.4. The first kappa shape index (κ1) is 13.6. The molecule has 2 rings (SSSR count). The number of benzene rings is 1. The highest BCUT2D eigenvalue weighted by Gasteiger charge is 2.08. The van der Waals surface area contributed by atoms with E-state index in [4.69, 9.17) is 14.6 Å². The summed E-state index contributed by atoms with van der Waals surface area (Å²) in [5.74, 6) is -1.93. The lowest BCUT2D eigenvalue weighted by Crippen LogP contribution is -1.99. The summed E-state index contributed by atoms with van der Waals surface area (Å²) in [6, 6.07) is 6.38. The molecule has 0 saturated heterocycles. The number of rotatable bonds is 6. The number of aryl methyl sites for hydroxylation is 1. The van der Waals surface area contributed by atoms with Crippen molar-refractivity contribution in [1.29, 1.82) is 0 Å². The van der Waals surface area contributed by atoms with Gasteiger partial charge in [0.2, 0.25) is 0 Å². The number of hydrogen-bond donors (Lipinski definition) is 3. The van der Waals surface area contributed by atoms with Gasteiger partial charge in [0, 0.05) is 12.1 Å². The molecule has 0 amide bonds. The molecular formula is C13H12N2O5. The zero-order chi connectivity index (χ0) is 14.5. The predicted octanol–water partition coefficient (Wildman–Crippen LogP) is 2.13. The highest BCUT2D eigenvalue weighted by atomic mass is 16.4. The quantitative estimate of drug-likeness (QED) is 0.740. The van der Waals surface area contributed by atoms with Crippen molar-refractivity contribution in [3.63, 3.8) is 0 Å². The van der Waals surface area contributed by atoms with Crippen LogP contribution in [0.25, 0.3) is 0 Å². The molecule has 1 heterocycles. The van der Waals surface area contributed by atoms with Gasteiger partial charge in [-0.2, -0.15) is 4.98 Å². The lowest BCUT2D eigenvalue weighted by Gasteiger charge is -2.02. The molecule has 0 aliphatic heterocycles. The minimum absolute atomic E-state index is 0.0273. The molecule has 1 aromatic carbocycles. The minimum Gasteiger partial charge on any atom is -0.481 e. The second-order valence-electron chi connectivity index (χ2n) is 4.05. The van der Waals surface area contributed by atoms with Crippen LogP contribution in [0.4, 0.5) is 11.7 Å². The first-order valence-corrected chi connectivity index (χ1v) is 5.81. The smallest absolute Gasteiger partial charge is 0.335 e. The lowest BCUT2D eigenvalue weighted by molar-refractivity contribution is -0.136. The molecule has 3 N–H and O–H groups in total. The summed E-state index contributed by atoms with van der Waals surface area (Å²) in [5.41, 5.74) is 1.19. The maximum atomic E-state index is 10.8. The topological polar surface area (TPSA) is 113 Å². The summed E-state index contributed by atoms with van der Waals surface area (Å²) in [5, 5.41) is 20.3. The summed E-state index contributed by atoms with van der Waals surface area (Å²) in [6.07, 6.45) is 1.61. The molecule has 1 aromatic heterocycles. The molecule has 0 saturated carbocycles. The van der Waals surface area contributed by atoms with Crippen LogP contribution in [0.15, 0.2) is 34.9 Å². The van der Waals surface area contributed by atoms with Crippen LogP contribution in [0.1, 0.15) is 22.5 Å². The van der Waals surface area contributed by atoms with E-state index in [0.717, 1.165) is 0 Å². The normalized spacial score (nSPS) is 10.2. The van der Waals surface area contributed by atoms with Gasteiger partial charge in [-0.05, 0) is 18.2 Å². The van der Waals surface area contributed by atoms with Crippen molar-refractivity contribution in [3.8, 4) is 0 Å². The zero-order valence-corrected chi connectivity index (χ0v) is 10.4. The molecule has 7 heteroatoms. The van der Waals surface area contributed by atoms with Gasteiger partial charge in [-0.15, -0.1) is 0 Å². The maximum Gasteiger partial charge on any atom is 0.335 e.